The summed E-state index contributed by atoms with van der Waals surface area (Å²) in [7, 11) is 0. The first-order chi connectivity index (χ1) is 8.90. The minimum atomic E-state index is 0.779. The fraction of sp³-hybridized carbons (Fsp3) is 0. The number of anilines is 2. The first-order valence-corrected chi connectivity index (χ1v) is 5.69. The highest BCUT2D eigenvalue weighted by Crippen LogP contribution is 2.42. The number of hydrogen-bond donors (Lipinski definition) is 1. The molecule has 1 aliphatic rings. The van der Waals surface area contributed by atoms with Gasteiger partial charge in [0.2, 0.25) is 0 Å². The number of rotatable bonds is 0. The Balaban J connectivity index is 1.92. The minimum absolute atomic E-state index is 0.779. The number of aromatic nitrogens is 2. The van der Waals surface area contributed by atoms with E-state index >= 15 is 0 Å². The highest BCUT2D eigenvalue weighted by Gasteiger charge is 2.16. The van der Waals surface area contributed by atoms with Gasteiger partial charge in [-0.05, 0) is 18.2 Å². The standard InChI is InChI=1S/C14H9N3O/c1-2-4-13-9(3-1)17-12-7-10-11(8-14(12)18-13)16-6-5-15-10/h1-8,17H. The van der Waals surface area contributed by atoms with Crippen LogP contribution in [0.5, 0.6) is 11.5 Å². The van der Waals surface area contributed by atoms with Crippen LogP contribution in [0.25, 0.3) is 11.0 Å². The quantitative estimate of drug-likeness (QED) is 0.507. The van der Waals surface area contributed by atoms with Gasteiger partial charge >= 0.3 is 0 Å². The van der Waals surface area contributed by atoms with E-state index in [0.29, 0.717) is 0 Å². The van der Waals surface area contributed by atoms with E-state index in [0.717, 1.165) is 33.9 Å². The van der Waals surface area contributed by atoms with Crippen molar-refractivity contribution < 1.29 is 4.74 Å². The molecule has 0 unspecified atom stereocenters. The van der Waals surface area contributed by atoms with Crippen LogP contribution in [0, 0.1) is 0 Å². The fourth-order valence-electron chi connectivity index (χ4n) is 2.10. The zero-order valence-corrected chi connectivity index (χ0v) is 9.42. The summed E-state index contributed by atoms with van der Waals surface area (Å²) >= 11 is 0. The van der Waals surface area contributed by atoms with Crippen LogP contribution < -0.4 is 10.1 Å². The Morgan fingerprint density at radius 3 is 2.50 bits per heavy atom. The van der Waals surface area contributed by atoms with Gasteiger partial charge in [-0.15, -0.1) is 0 Å². The van der Waals surface area contributed by atoms with Crippen LogP contribution in [-0.2, 0) is 0 Å². The zero-order chi connectivity index (χ0) is 11.9. The van der Waals surface area contributed by atoms with E-state index in [1.54, 1.807) is 12.4 Å². The van der Waals surface area contributed by atoms with Gasteiger partial charge in [-0.1, -0.05) is 12.1 Å². The van der Waals surface area contributed by atoms with Gasteiger partial charge in [-0.25, -0.2) is 0 Å². The number of para-hydroxylation sites is 2. The molecule has 2 aromatic carbocycles. The second-order valence-corrected chi connectivity index (χ2v) is 4.12. The Morgan fingerprint density at radius 2 is 1.61 bits per heavy atom. The number of benzene rings is 2. The van der Waals surface area contributed by atoms with Crippen LogP contribution in [-0.4, -0.2) is 9.97 Å². The number of fused-ring (bicyclic) bond motifs is 3. The Labute approximate surface area is 103 Å². The number of nitrogens with one attached hydrogen (secondary N) is 1. The highest BCUT2D eigenvalue weighted by atomic mass is 16.5. The summed E-state index contributed by atoms with van der Waals surface area (Å²) in [6.07, 6.45) is 3.37. The molecule has 0 radical (unpaired) electrons. The first kappa shape index (κ1) is 9.41. The third-order valence-electron chi connectivity index (χ3n) is 2.95. The van der Waals surface area contributed by atoms with Crippen molar-refractivity contribution in [2.24, 2.45) is 0 Å². The topological polar surface area (TPSA) is 47.0 Å². The van der Waals surface area contributed by atoms with Gasteiger partial charge in [0.25, 0.3) is 0 Å². The monoisotopic (exact) mass is 235 g/mol. The summed E-state index contributed by atoms with van der Waals surface area (Å²) in [5.41, 5.74) is 3.57. The van der Waals surface area contributed by atoms with Gasteiger partial charge < -0.3 is 10.1 Å². The first-order valence-electron chi connectivity index (χ1n) is 5.69. The average molecular weight is 235 g/mol. The molecule has 0 bridgehead atoms. The van der Waals surface area contributed by atoms with Gasteiger partial charge in [0.15, 0.2) is 11.5 Å². The van der Waals surface area contributed by atoms with Crippen molar-refractivity contribution in [2.45, 2.75) is 0 Å². The van der Waals surface area contributed by atoms with Crippen LogP contribution in [0.4, 0.5) is 11.4 Å². The third-order valence-corrected chi connectivity index (χ3v) is 2.95. The molecule has 4 rings (SSSR count). The van der Waals surface area contributed by atoms with E-state index in [4.69, 9.17) is 4.74 Å². The van der Waals surface area contributed by atoms with Crippen LogP contribution in [0.3, 0.4) is 0 Å². The molecule has 18 heavy (non-hydrogen) atoms. The van der Waals surface area contributed by atoms with Crippen molar-refractivity contribution in [3.8, 4) is 11.5 Å². The lowest BCUT2D eigenvalue weighted by Crippen LogP contribution is -2.02. The van der Waals surface area contributed by atoms with E-state index in [2.05, 4.69) is 15.3 Å². The predicted molar refractivity (Wildman–Crippen MR) is 69.3 cm³/mol. The Hall–Kier alpha value is -2.62. The minimum Gasteiger partial charge on any atom is -0.453 e. The second-order valence-electron chi connectivity index (χ2n) is 4.12. The van der Waals surface area contributed by atoms with Crippen LogP contribution >= 0.6 is 0 Å². The van der Waals surface area contributed by atoms with E-state index in [1.165, 1.54) is 0 Å². The van der Waals surface area contributed by atoms with Gasteiger partial charge in [-0.2, -0.15) is 0 Å². The number of hydrogen-bond acceptors (Lipinski definition) is 4. The van der Waals surface area contributed by atoms with Crippen molar-refractivity contribution in [2.75, 3.05) is 5.32 Å². The summed E-state index contributed by atoms with van der Waals surface area (Å²) in [6.45, 7) is 0. The Morgan fingerprint density at radius 1 is 0.833 bits per heavy atom. The molecule has 0 saturated carbocycles. The number of nitrogens with zero attached hydrogens (tertiary/aromatic N) is 2. The van der Waals surface area contributed by atoms with Crippen molar-refractivity contribution >= 4 is 22.4 Å². The zero-order valence-electron chi connectivity index (χ0n) is 9.42. The molecule has 1 aliphatic heterocycles. The molecule has 1 aromatic heterocycles. The summed E-state index contributed by atoms with van der Waals surface area (Å²) in [6, 6.07) is 11.7. The molecule has 0 spiro atoms. The van der Waals surface area contributed by atoms with E-state index in [9.17, 15) is 0 Å². The molecule has 0 aliphatic carbocycles. The molecule has 1 N–H and O–H groups in total. The summed E-state index contributed by atoms with van der Waals surface area (Å²) in [5, 5.41) is 3.34. The third kappa shape index (κ3) is 1.32. The molecule has 0 saturated heterocycles. The van der Waals surface area contributed by atoms with Gasteiger partial charge in [0, 0.05) is 18.5 Å². The highest BCUT2D eigenvalue weighted by molar-refractivity contribution is 5.86. The summed E-state index contributed by atoms with van der Waals surface area (Å²) in [4.78, 5) is 8.56. The van der Waals surface area contributed by atoms with Crippen molar-refractivity contribution in [3.05, 3.63) is 48.8 Å². The average Bonchev–Trinajstić information content (AvgIpc) is 2.42. The maximum absolute atomic E-state index is 5.86. The Bertz CT molecular complexity index is 691. The van der Waals surface area contributed by atoms with Gasteiger partial charge in [-0.3, -0.25) is 9.97 Å². The smallest absolute Gasteiger partial charge is 0.153 e. The maximum atomic E-state index is 5.86. The van der Waals surface area contributed by atoms with E-state index in [1.807, 2.05) is 36.4 Å². The SMILES string of the molecule is c1ccc2c(c1)Nc1cc3nccnc3cc1O2. The van der Waals surface area contributed by atoms with E-state index < -0.39 is 0 Å². The van der Waals surface area contributed by atoms with E-state index in [-0.39, 0.29) is 0 Å². The molecule has 0 amide bonds. The van der Waals surface area contributed by atoms with Crippen molar-refractivity contribution in [3.63, 3.8) is 0 Å². The predicted octanol–water partition coefficient (Wildman–Crippen LogP) is 3.48. The van der Waals surface area contributed by atoms with Crippen LogP contribution in [0.2, 0.25) is 0 Å². The van der Waals surface area contributed by atoms with Crippen LogP contribution in [0.15, 0.2) is 48.8 Å². The normalized spacial score (nSPS) is 12.2. The molecular formula is C14H9N3O. The second kappa shape index (κ2) is 3.43. The maximum Gasteiger partial charge on any atom is 0.153 e. The largest absolute Gasteiger partial charge is 0.453 e. The summed E-state index contributed by atoms with van der Waals surface area (Å²) < 4.78 is 5.86. The van der Waals surface area contributed by atoms with Crippen molar-refractivity contribution in [1.82, 2.24) is 9.97 Å². The van der Waals surface area contributed by atoms with Gasteiger partial charge in [0.05, 0.1) is 22.4 Å². The summed E-state index contributed by atoms with van der Waals surface area (Å²) in [5.74, 6) is 1.61. The lowest BCUT2D eigenvalue weighted by molar-refractivity contribution is 0.482. The molecule has 0 atom stereocenters. The lowest BCUT2D eigenvalue weighted by atomic mass is 10.2. The molecule has 4 nitrogen and oxygen atoms in total. The van der Waals surface area contributed by atoms with Crippen LogP contribution in [0.1, 0.15) is 0 Å². The molecule has 2 heterocycles. The molecule has 3 aromatic rings. The fourth-order valence-corrected chi connectivity index (χ4v) is 2.10. The Kier molecular flexibility index (Phi) is 1.80. The molecule has 4 heteroatoms. The molecular weight excluding hydrogens is 226 g/mol. The van der Waals surface area contributed by atoms with Crippen molar-refractivity contribution in [1.29, 1.82) is 0 Å². The lowest BCUT2D eigenvalue weighted by Gasteiger charge is -2.21. The molecule has 86 valence electrons. The van der Waals surface area contributed by atoms with Gasteiger partial charge in [0.1, 0.15) is 0 Å². The number of ether oxygens (including phenoxy) is 1. The molecule has 0 fully saturated rings.